The molecule has 0 aliphatic heterocycles. The molecule has 0 fully saturated rings. The standard InChI is InChI=1S/C26H44N8O4/c27-14-6-4-12-21(33-23(36)17-19-9-2-1-3-10-19)25(38)34-22(13-5-7-15-28)24(37)32-20(18-35)11-8-16-31-26(29)30/h1-3,9-10,18,20-22H,4-8,11-17,27-28H2,(H,32,37)(H,33,36)(H,34,38)(H4,29,30,31)/t20-,21-,22-/m0/s1. The van der Waals surface area contributed by atoms with Gasteiger partial charge in [-0.2, -0.15) is 0 Å². The molecule has 11 N–H and O–H groups in total. The molecular formula is C26H44N8O4. The molecule has 3 amide bonds. The van der Waals surface area contributed by atoms with Gasteiger partial charge in [-0.3, -0.25) is 19.4 Å². The maximum Gasteiger partial charge on any atom is 0.243 e. The number of rotatable bonds is 20. The number of nitrogens with zero attached hydrogens (tertiary/aromatic N) is 1. The molecule has 0 heterocycles. The second kappa shape index (κ2) is 19.6. The Labute approximate surface area is 224 Å². The van der Waals surface area contributed by atoms with Crippen molar-refractivity contribution in [1.29, 1.82) is 0 Å². The number of guanidine groups is 1. The molecule has 0 saturated heterocycles. The lowest BCUT2D eigenvalue weighted by Gasteiger charge is -2.24. The third kappa shape index (κ3) is 14.3. The average Bonchev–Trinajstić information content (AvgIpc) is 2.89. The Balaban J connectivity index is 2.87. The maximum absolute atomic E-state index is 13.2. The Kier molecular flexibility index (Phi) is 16.8. The first-order valence-electron chi connectivity index (χ1n) is 13.2. The molecule has 0 radical (unpaired) electrons. The van der Waals surface area contributed by atoms with Gasteiger partial charge in [0.15, 0.2) is 5.96 Å². The number of benzene rings is 1. The van der Waals surface area contributed by atoms with E-state index in [4.69, 9.17) is 22.9 Å². The molecule has 0 unspecified atom stereocenters. The molecule has 3 atom stereocenters. The SMILES string of the molecule is NCCCC[C@H](NC(=O)Cc1ccccc1)C(=O)N[C@@H](CCCCN)C(=O)N[C@H](C=O)CCCN=C(N)N. The molecule has 1 aromatic carbocycles. The first-order chi connectivity index (χ1) is 18.3. The highest BCUT2D eigenvalue weighted by molar-refractivity contribution is 5.93. The van der Waals surface area contributed by atoms with Gasteiger partial charge in [-0.1, -0.05) is 30.3 Å². The van der Waals surface area contributed by atoms with E-state index in [2.05, 4.69) is 20.9 Å². The first-order valence-corrected chi connectivity index (χ1v) is 13.2. The fourth-order valence-corrected chi connectivity index (χ4v) is 3.80. The number of aliphatic imine (C=N–C) groups is 1. The van der Waals surface area contributed by atoms with Crippen LogP contribution in [0.1, 0.15) is 56.9 Å². The number of aldehydes is 1. The summed E-state index contributed by atoms with van der Waals surface area (Å²) < 4.78 is 0. The topological polar surface area (TPSA) is 221 Å². The number of unbranched alkanes of at least 4 members (excludes halogenated alkanes) is 2. The van der Waals surface area contributed by atoms with E-state index in [1.165, 1.54) is 0 Å². The van der Waals surface area contributed by atoms with E-state index in [1.807, 2.05) is 30.3 Å². The van der Waals surface area contributed by atoms with Crippen LogP contribution in [0.3, 0.4) is 0 Å². The van der Waals surface area contributed by atoms with Crippen molar-refractivity contribution in [2.45, 2.75) is 75.9 Å². The van der Waals surface area contributed by atoms with Gasteiger partial charge in [0.2, 0.25) is 17.7 Å². The van der Waals surface area contributed by atoms with Crippen molar-refractivity contribution in [1.82, 2.24) is 16.0 Å². The van der Waals surface area contributed by atoms with Crippen molar-refractivity contribution in [3.63, 3.8) is 0 Å². The molecule has 212 valence electrons. The van der Waals surface area contributed by atoms with Crippen LogP contribution in [-0.4, -0.2) is 67.7 Å². The summed E-state index contributed by atoms with van der Waals surface area (Å²) >= 11 is 0. The van der Waals surface area contributed by atoms with Crippen LogP contribution >= 0.6 is 0 Å². The smallest absolute Gasteiger partial charge is 0.243 e. The van der Waals surface area contributed by atoms with E-state index in [1.54, 1.807) is 0 Å². The Morgan fingerprint density at radius 3 is 1.92 bits per heavy atom. The number of hydrogen-bond donors (Lipinski definition) is 7. The predicted octanol–water partition coefficient (Wildman–Crippen LogP) is -0.806. The predicted molar refractivity (Wildman–Crippen MR) is 148 cm³/mol. The summed E-state index contributed by atoms with van der Waals surface area (Å²) in [5.41, 5.74) is 22.6. The largest absolute Gasteiger partial charge is 0.370 e. The second-order valence-corrected chi connectivity index (χ2v) is 9.11. The molecule has 0 aliphatic rings. The van der Waals surface area contributed by atoms with Crippen molar-refractivity contribution >= 4 is 30.0 Å². The zero-order valence-electron chi connectivity index (χ0n) is 22.1. The number of nitrogens with two attached hydrogens (primary N) is 4. The third-order valence-corrected chi connectivity index (χ3v) is 5.85. The summed E-state index contributed by atoms with van der Waals surface area (Å²) in [4.78, 5) is 54.4. The number of amides is 3. The van der Waals surface area contributed by atoms with E-state index >= 15 is 0 Å². The van der Waals surface area contributed by atoms with Crippen LogP contribution in [0.25, 0.3) is 0 Å². The van der Waals surface area contributed by atoms with Crippen LogP contribution in [-0.2, 0) is 25.6 Å². The summed E-state index contributed by atoms with van der Waals surface area (Å²) in [6.07, 6.45) is 4.91. The zero-order valence-corrected chi connectivity index (χ0v) is 22.1. The van der Waals surface area contributed by atoms with Crippen molar-refractivity contribution in [2.24, 2.45) is 27.9 Å². The minimum absolute atomic E-state index is 0.0451. The molecule has 38 heavy (non-hydrogen) atoms. The third-order valence-electron chi connectivity index (χ3n) is 5.85. The second-order valence-electron chi connectivity index (χ2n) is 9.11. The van der Waals surface area contributed by atoms with Crippen LogP contribution < -0.4 is 38.9 Å². The van der Waals surface area contributed by atoms with E-state index in [-0.39, 0.29) is 18.3 Å². The minimum atomic E-state index is -0.891. The van der Waals surface area contributed by atoms with E-state index in [9.17, 15) is 19.2 Å². The Morgan fingerprint density at radius 2 is 1.37 bits per heavy atom. The summed E-state index contributed by atoms with van der Waals surface area (Å²) in [5, 5.41) is 8.26. The van der Waals surface area contributed by atoms with Crippen LogP contribution in [0.5, 0.6) is 0 Å². The fraction of sp³-hybridized carbons (Fsp3) is 0.577. The summed E-state index contributed by atoms with van der Waals surface area (Å²) in [6.45, 7) is 1.24. The van der Waals surface area contributed by atoms with Gasteiger partial charge < -0.3 is 43.7 Å². The first kappa shape index (κ1) is 32.5. The van der Waals surface area contributed by atoms with Crippen LogP contribution in [0, 0.1) is 0 Å². The number of nitrogens with one attached hydrogen (secondary N) is 3. The van der Waals surface area contributed by atoms with E-state index < -0.39 is 29.9 Å². The molecule has 12 nitrogen and oxygen atoms in total. The lowest BCUT2D eigenvalue weighted by molar-refractivity contribution is -0.132. The van der Waals surface area contributed by atoms with Gasteiger partial charge >= 0.3 is 0 Å². The summed E-state index contributed by atoms with van der Waals surface area (Å²) in [5.74, 6) is -1.29. The quantitative estimate of drug-likeness (QED) is 0.0486. The normalized spacial score (nSPS) is 13.0. The molecule has 0 aliphatic carbocycles. The molecule has 0 bridgehead atoms. The Bertz CT molecular complexity index is 877. The molecule has 0 spiro atoms. The molecule has 0 aromatic heterocycles. The van der Waals surface area contributed by atoms with E-state index in [0.717, 1.165) is 5.56 Å². The maximum atomic E-state index is 13.2. The number of hydrogen-bond acceptors (Lipinski definition) is 7. The Morgan fingerprint density at radius 1 is 0.789 bits per heavy atom. The van der Waals surface area contributed by atoms with Crippen molar-refractivity contribution in [3.05, 3.63) is 35.9 Å². The van der Waals surface area contributed by atoms with E-state index in [0.29, 0.717) is 77.3 Å². The monoisotopic (exact) mass is 532 g/mol. The molecule has 1 rings (SSSR count). The minimum Gasteiger partial charge on any atom is -0.370 e. The highest BCUT2D eigenvalue weighted by Gasteiger charge is 2.27. The summed E-state index contributed by atoms with van der Waals surface area (Å²) in [6, 6.07) is 6.74. The number of carbonyl (C=O) groups is 4. The van der Waals surface area contributed by atoms with Gasteiger partial charge in [0.25, 0.3) is 0 Å². The highest BCUT2D eigenvalue weighted by Crippen LogP contribution is 2.07. The van der Waals surface area contributed by atoms with Gasteiger partial charge in [-0.05, 0) is 70.0 Å². The van der Waals surface area contributed by atoms with Gasteiger partial charge in [0.1, 0.15) is 18.4 Å². The van der Waals surface area contributed by atoms with Crippen LogP contribution in [0.4, 0.5) is 0 Å². The molecule has 1 aromatic rings. The van der Waals surface area contributed by atoms with Crippen molar-refractivity contribution < 1.29 is 19.2 Å². The fourth-order valence-electron chi connectivity index (χ4n) is 3.80. The highest BCUT2D eigenvalue weighted by atomic mass is 16.2. The van der Waals surface area contributed by atoms with Gasteiger partial charge in [-0.15, -0.1) is 0 Å². The van der Waals surface area contributed by atoms with Gasteiger partial charge in [-0.25, -0.2) is 0 Å². The number of carbonyl (C=O) groups excluding carboxylic acids is 4. The molecule has 12 heteroatoms. The lowest BCUT2D eigenvalue weighted by atomic mass is 10.0. The van der Waals surface area contributed by atoms with Crippen molar-refractivity contribution in [3.8, 4) is 0 Å². The Hall–Kier alpha value is -3.51. The van der Waals surface area contributed by atoms with Crippen molar-refractivity contribution in [2.75, 3.05) is 19.6 Å². The van der Waals surface area contributed by atoms with Crippen LogP contribution in [0.15, 0.2) is 35.3 Å². The lowest BCUT2D eigenvalue weighted by Crippen LogP contribution is -2.55. The van der Waals surface area contributed by atoms with Gasteiger partial charge in [0, 0.05) is 6.54 Å². The molecule has 0 saturated carbocycles. The molecular weight excluding hydrogens is 488 g/mol. The zero-order chi connectivity index (χ0) is 28.2. The van der Waals surface area contributed by atoms with Crippen LogP contribution in [0.2, 0.25) is 0 Å². The summed E-state index contributed by atoms with van der Waals surface area (Å²) in [7, 11) is 0. The van der Waals surface area contributed by atoms with Gasteiger partial charge in [0.05, 0.1) is 12.5 Å². The average molecular weight is 533 g/mol.